The van der Waals surface area contributed by atoms with E-state index in [2.05, 4.69) is 46.6 Å². The number of nitrogens with one attached hydrogen (secondary N) is 1. The summed E-state index contributed by atoms with van der Waals surface area (Å²) in [7, 11) is 0. The summed E-state index contributed by atoms with van der Waals surface area (Å²) in [6.07, 6.45) is 1.15. The molecule has 2 N–H and O–H groups in total. The van der Waals surface area contributed by atoms with Crippen molar-refractivity contribution >= 4 is 0 Å². The number of hydrogen-bond acceptors (Lipinski definition) is 3. The largest absolute Gasteiger partial charge is 0.508 e. The maximum atomic E-state index is 9.60. The molecule has 0 spiro atoms. The van der Waals surface area contributed by atoms with Crippen LogP contribution in [-0.4, -0.2) is 29.6 Å². The van der Waals surface area contributed by atoms with Crippen LogP contribution in [0.4, 0.5) is 0 Å². The molecule has 3 rings (SSSR count). The Bertz CT molecular complexity index is 570. The summed E-state index contributed by atoms with van der Waals surface area (Å²) in [5.74, 6) is 0.347. The molecule has 0 saturated carbocycles. The topological polar surface area (TPSA) is 35.5 Å². The molecule has 0 amide bonds. The third-order valence-electron chi connectivity index (χ3n) is 4.00. The van der Waals surface area contributed by atoms with Gasteiger partial charge in [-0.2, -0.15) is 0 Å². The summed E-state index contributed by atoms with van der Waals surface area (Å²) < 4.78 is 0. The van der Waals surface area contributed by atoms with E-state index in [1.807, 2.05) is 12.1 Å². The van der Waals surface area contributed by atoms with E-state index >= 15 is 0 Å². The van der Waals surface area contributed by atoms with E-state index in [0.29, 0.717) is 11.8 Å². The molecule has 0 bridgehead atoms. The first-order chi connectivity index (χ1) is 10.3. The van der Waals surface area contributed by atoms with E-state index in [-0.39, 0.29) is 0 Å². The van der Waals surface area contributed by atoms with E-state index in [0.717, 1.165) is 32.6 Å². The number of rotatable bonds is 3. The second kappa shape index (κ2) is 6.74. The lowest BCUT2D eigenvalue weighted by Crippen LogP contribution is -2.31. The van der Waals surface area contributed by atoms with Gasteiger partial charge in [-0.25, -0.2) is 0 Å². The standard InChI is InChI=1S/C18H22N2O/c21-17-9-4-6-15(12-17)13-20-11-5-10-19-18(14-20)16-7-2-1-3-8-16/h1-4,6-9,12,18-19,21H,5,10-11,13-14H2. The summed E-state index contributed by atoms with van der Waals surface area (Å²) in [5.41, 5.74) is 2.52. The molecular formula is C18H22N2O. The van der Waals surface area contributed by atoms with Gasteiger partial charge in [-0.3, -0.25) is 4.90 Å². The minimum Gasteiger partial charge on any atom is -0.508 e. The molecule has 1 saturated heterocycles. The molecule has 1 fully saturated rings. The molecule has 0 aromatic heterocycles. The fourth-order valence-corrected chi connectivity index (χ4v) is 2.96. The molecule has 110 valence electrons. The fraction of sp³-hybridized carbons (Fsp3) is 0.333. The molecule has 21 heavy (non-hydrogen) atoms. The SMILES string of the molecule is Oc1cccc(CN2CCCNC(c3ccccc3)C2)c1. The summed E-state index contributed by atoms with van der Waals surface area (Å²) >= 11 is 0. The van der Waals surface area contributed by atoms with Crippen molar-refractivity contribution in [2.45, 2.75) is 19.0 Å². The van der Waals surface area contributed by atoms with Crippen LogP contribution in [0, 0.1) is 0 Å². The van der Waals surface area contributed by atoms with Crippen LogP contribution in [0.5, 0.6) is 5.75 Å². The van der Waals surface area contributed by atoms with Crippen molar-refractivity contribution in [2.24, 2.45) is 0 Å². The van der Waals surface area contributed by atoms with Gasteiger partial charge < -0.3 is 10.4 Å². The molecular weight excluding hydrogens is 260 g/mol. The molecule has 1 unspecified atom stereocenters. The third kappa shape index (κ3) is 3.84. The van der Waals surface area contributed by atoms with Crippen LogP contribution in [0.3, 0.4) is 0 Å². The zero-order chi connectivity index (χ0) is 14.5. The highest BCUT2D eigenvalue weighted by Crippen LogP contribution is 2.19. The predicted octanol–water partition coefficient (Wildman–Crippen LogP) is 2.93. The first-order valence-corrected chi connectivity index (χ1v) is 7.60. The maximum absolute atomic E-state index is 9.60. The monoisotopic (exact) mass is 282 g/mol. The van der Waals surface area contributed by atoms with Crippen LogP contribution >= 0.6 is 0 Å². The number of hydrogen-bond donors (Lipinski definition) is 2. The molecule has 1 heterocycles. The molecule has 2 aromatic carbocycles. The number of aromatic hydroxyl groups is 1. The molecule has 0 aliphatic carbocycles. The highest BCUT2D eigenvalue weighted by atomic mass is 16.3. The van der Waals surface area contributed by atoms with Gasteiger partial charge in [0.2, 0.25) is 0 Å². The Morgan fingerprint density at radius 3 is 2.76 bits per heavy atom. The van der Waals surface area contributed by atoms with Crippen molar-refractivity contribution in [1.29, 1.82) is 0 Å². The first-order valence-electron chi connectivity index (χ1n) is 7.60. The Hall–Kier alpha value is -1.84. The van der Waals surface area contributed by atoms with Gasteiger partial charge in [-0.15, -0.1) is 0 Å². The maximum Gasteiger partial charge on any atom is 0.115 e. The predicted molar refractivity (Wildman–Crippen MR) is 85.2 cm³/mol. The minimum absolute atomic E-state index is 0.347. The van der Waals surface area contributed by atoms with E-state index in [4.69, 9.17) is 0 Å². The van der Waals surface area contributed by atoms with Gasteiger partial charge >= 0.3 is 0 Å². The van der Waals surface area contributed by atoms with Crippen LogP contribution in [0.2, 0.25) is 0 Å². The molecule has 2 aromatic rings. The second-order valence-electron chi connectivity index (χ2n) is 5.68. The molecule has 1 atom stereocenters. The number of phenols is 1. The third-order valence-corrected chi connectivity index (χ3v) is 4.00. The van der Waals surface area contributed by atoms with E-state index in [1.165, 1.54) is 11.1 Å². The first kappa shape index (κ1) is 14.1. The lowest BCUT2D eigenvalue weighted by atomic mass is 10.1. The lowest BCUT2D eigenvalue weighted by Gasteiger charge is -2.24. The van der Waals surface area contributed by atoms with E-state index < -0.39 is 0 Å². The second-order valence-corrected chi connectivity index (χ2v) is 5.68. The van der Waals surface area contributed by atoms with Crippen molar-refractivity contribution in [1.82, 2.24) is 10.2 Å². The number of phenolic OH excluding ortho intramolecular Hbond substituents is 1. The van der Waals surface area contributed by atoms with Crippen molar-refractivity contribution in [2.75, 3.05) is 19.6 Å². The molecule has 3 heteroatoms. The highest BCUT2D eigenvalue weighted by molar-refractivity contribution is 5.27. The number of benzene rings is 2. The summed E-state index contributed by atoms with van der Waals surface area (Å²) in [6, 6.07) is 18.6. The van der Waals surface area contributed by atoms with Crippen LogP contribution in [0.1, 0.15) is 23.6 Å². The van der Waals surface area contributed by atoms with Crippen LogP contribution in [0.15, 0.2) is 54.6 Å². The van der Waals surface area contributed by atoms with Crippen molar-refractivity contribution in [3.8, 4) is 5.75 Å². The summed E-state index contributed by atoms with van der Waals surface area (Å²) in [5, 5.41) is 13.2. The Labute approximate surface area is 126 Å². The van der Waals surface area contributed by atoms with Gasteiger partial charge in [0.25, 0.3) is 0 Å². The number of nitrogens with zero attached hydrogens (tertiary/aromatic N) is 1. The summed E-state index contributed by atoms with van der Waals surface area (Å²) in [6.45, 7) is 4.03. The van der Waals surface area contributed by atoms with E-state index in [1.54, 1.807) is 6.07 Å². The Morgan fingerprint density at radius 2 is 1.95 bits per heavy atom. The van der Waals surface area contributed by atoms with Crippen LogP contribution in [0.25, 0.3) is 0 Å². The zero-order valence-corrected chi connectivity index (χ0v) is 12.2. The van der Waals surface area contributed by atoms with Gasteiger partial charge in [0.1, 0.15) is 5.75 Å². The van der Waals surface area contributed by atoms with Crippen LogP contribution in [-0.2, 0) is 6.54 Å². The molecule has 3 nitrogen and oxygen atoms in total. The van der Waals surface area contributed by atoms with E-state index in [9.17, 15) is 5.11 Å². The van der Waals surface area contributed by atoms with Gasteiger partial charge in [0.05, 0.1) is 0 Å². The molecule has 1 aliphatic rings. The minimum atomic E-state index is 0.347. The Kier molecular flexibility index (Phi) is 4.53. The average Bonchev–Trinajstić information content (AvgIpc) is 2.74. The quantitative estimate of drug-likeness (QED) is 0.908. The molecule has 0 radical (unpaired) electrons. The average molecular weight is 282 g/mol. The zero-order valence-electron chi connectivity index (χ0n) is 12.2. The van der Waals surface area contributed by atoms with Crippen LogP contribution < -0.4 is 5.32 Å². The van der Waals surface area contributed by atoms with Gasteiger partial charge in [-0.05, 0) is 42.8 Å². The fourth-order valence-electron chi connectivity index (χ4n) is 2.96. The van der Waals surface area contributed by atoms with Crippen molar-refractivity contribution in [3.05, 3.63) is 65.7 Å². The van der Waals surface area contributed by atoms with Crippen molar-refractivity contribution in [3.63, 3.8) is 0 Å². The van der Waals surface area contributed by atoms with Crippen molar-refractivity contribution < 1.29 is 5.11 Å². The lowest BCUT2D eigenvalue weighted by molar-refractivity contribution is 0.260. The smallest absolute Gasteiger partial charge is 0.115 e. The highest BCUT2D eigenvalue weighted by Gasteiger charge is 2.19. The normalized spacial score (nSPS) is 20.1. The van der Waals surface area contributed by atoms with Gasteiger partial charge in [0.15, 0.2) is 0 Å². The van der Waals surface area contributed by atoms with Gasteiger partial charge in [0, 0.05) is 19.1 Å². The Morgan fingerprint density at radius 1 is 1.10 bits per heavy atom. The summed E-state index contributed by atoms with van der Waals surface area (Å²) in [4.78, 5) is 2.46. The molecule has 1 aliphatic heterocycles. The Balaban J connectivity index is 1.70. The van der Waals surface area contributed by atoms with Gasteiger partial charge in [-0.1, -0.05) is 42.5 Å².